The van der Waals surface area contributed by atoms with Crippen LogP contribution in [0.4, 0.5) is 5.69 Å². The molecule has 0 spiro atoms. The number of hydrogen-bond donors (Lipinski definition) is 1. The average Bonchev–Trinajstić information content (AvgIpc) is 2.93. The van der Waals surface area contributed by atoms with Crippen LogP contribution in [0.2, 0.25) is 0 Å². The summed E-state index contributed by atoms with van der Waals surface area (Å²) in [5.41, 5.74) is 0.986. The van der Waals surface area contributed by atoms with Gasteiger partial charge in [-0.25, -0.2) is 0 Å². The molecule has 1 aromatic carbocycles. The maximum Gasteiger partial charge on any atom is 0.275 e. The number of nitro groups is 1. The van der Waals surface area contributed by atoms with Gasteiger partial charge in [-0.05, 0) is 44.5 Å². The summed E-state index contributed by atoms with van der Waals surface area (Å²) in [5.74, 6) is 0. The van der Waals surface area contributed by atoms with Crippen LogP contribution in [0.5, 0.6) is 0 Å². The summed E-state index contributed by atoms with van der Waals surface area (Å²) >= 11 is 3.30. The SMILES string of the molecule is CCCN(Cc1ccc(Br)cc1[N+](=O)[O-])CC1CCCN1. The van der Waals surface area contributed by atoms with Gasteiger partial charge in [0.15, 0.2) is 0 Å². The van der Waals surface area contributed by atoms with Crippen LogP contribution < -0.4 is 5.32 Å². The minimum Gasteiger partial charge on any atom is -0.313 e. The molecule has 0 amide bonds. The fourth-order valence-electron chi connectivity index (χ4n) is 2.86. The quantitative estimate of drug-likeness (QED) is 0.602. The van der Waals surface area contributed by atoms with Crippen molar-refractivity contribution in [2.24, 2.45) is 0 Å². The molecule has 1 unspecified atom stereocenters. The van der Waals surface area contributed by atoms with Crippen molar-refractivity contribution in [3.8, 4) is 0 Å². The molecule has 6 heteroatoms. The van der Waals surface area contributed by atoms with Gasteiger partial charge in [-0.2, -0.15) is 0 Å². The molecule has 1 heterocycles. The number of benzene rings is 1. The van der Waals surface area contributed by atoms with Crippen LogP contribution in [0, 0.1) is 10.1 Å². The lowest BCUT2D eigenvalue weighted by atomic mass is 10.1. The first-order valence-corrected chi connectivity index (χ1v) is 8.28. The van der Waals surface area contributed by atoms with Crippen LogP contribution >= 0.6 is 15.9 Å². The summed E-state index contributed by atoms with van der Waals surface area (Å²) in [6.45, 7) is 5.79. The van der Waals surface area contributed by atoms with E-state index in [0.29, 0.717) is 12.6 Å². The van der Waals surface area contributed by atoms with Gasteiger partial charge in [0.2, 0.25) is 0 Å². The molecule has 1 aliphatic heterocycles. The Morgan fingerprint density at radius 3 is 2.95 bits per heavy atom. The van der Waals surface area contributed by atoms with Crippen molar-refractivity contribution >= 4 is 21.6 Å². The van der Waals surface area contributed by atoms with Crippen LogP contribution in [0.25, 0.3) is 0 Å². The molecule has 0 bridgehead atoms. The molecule has 2 rings (SSSR count). The van der Waals surface area contributed by atoms with E-state index < -0.39 is 0 Å². The zero-order valence-corrected chi connectivity index (χ0v) is 13.9. The lowest BCUT2D eigenvalue weighted by molar-refractivity contribution is -0.385. The van der Waals surface area contributed by atoms with Gasteiger partial charge in [-0.15, -0.1) is 0 Å². The first kappa shape index (κ1) is 16.4. The first-order chi connectivity index (χ1) is 10.1. The van der Waals surface area contributed by atoms with E-state index in [9.17, 15) is 10.1 Å². The van der Waals surface area contributed by atoms with Crippen LogP contribution in [0.1, 0.15) is 31.7 Å². The predicted octanol–water partition coefficient (Wildman–Crippen LogP) is 3.32. The van der Waals surface area contributed by atoms with E-state index in [4.69, 9.17) is 0 Å². The minimum atomic E-state index is -0.294. The highest BCUT2D eigenvalue weighted by Crippen LogP contribution is 2.25. The molecule has 1 aliphatic rings. The van der Waals surface area contributed by atoms with Crippen LogP contribution in [-0.4, -0.2) is 35.5 Å². The Morgan fingerprint density at radius 1 is 1.52 bits per heavy atom. The normalized spacial score (nSPS) is 18.3. The topological polar surface area (TPSA) is 58.4 Å². The van der Waals surface area contributed by atoms with E-state index in [1.807, 2.05) is 12.1 Å². The van der Waals surface area contributed by atoms with Crippen molar-refractivity contribution < 1.29 is 4.92 Å². The standard InChI is InChI=1S/C15H22BrN3O2/c1-2-8-18(11-14-4-3-7-17-14)10-12-5-6-13(16)9-15(12)19(20)21/h5-6,9,14,17H,2-4,7-8,10-11H2,1H3. The Morgan fingerprint density at radius 2 is 2.33 bits per heavy atom. The van der Waals surface area contributed by atoms with E-state index >= 15 is 0 Å². The summed E-state index contributed by atoms with van der Waals surface area (Å²) < 4.78 is 0.748. The maximum atomic E-state index is 11.2. The third kappa shape index (κ3) is 4.76. The Kier molecular flexibility index (Phi) is 6.14. The second kappa shape index (κ2) is 7.87. The predicted molar refractivity (Wildman–Crippen MR) is 87.4 cm³/mol. The molecule has 21 heavy (non-hydrogen) atoms. The van der Waals surface area contributed by atoms with Crippen molar-refractivity contribution in [1.82, 2.24) is 10.2 Å². The third-order valence-electron chi connectivity index (χ3n) is 3.82. The Labute approximate surface area is 134 Å². The van der Waals surface area contributed by atoms with E-state index in [1.165, 1.54) is 12.8 Å². The van der Waals surface area contributed by atoms with Crippen LogP contribution in [0.15, 0.2) is 22.7 Å². The van der Waals surface area contributed by atoms with Crippen LogP contribution in [0.3, 0.4) is 0 Å². The lowest BCUT2D eigenvalue weighted by Gasteiger charge is -2.25. The Balaban J connectivity index is 2.10. The Hall–Kier alpha value is -0.980. The van der Waals surface area contributed by atoms with Crippen molar-refractivity contribution in [2.45, 2.75) is 38.8 Å². The van der Waals surface area contributed by atoms with Crippen molar-refractivity contribution in [3.05, 3.63) is 38.3 Å². The van der Waals surface area contributed by atoms with Gasteiger partial charge in [-0.1, -0.05) is 22.9 Å². The largest absolute Gasteiger partial charge is 0.313 e. The fraction of sp³-hybridized carbons (Fsp3) is 0.600. The molecule has 0 aromatic heterocycles. The minimum absolute atomic E-state index is 0.199. The summed E-state index contributed by atoms with van der Waals surface area (Å²) in [5, 5.41) is 14.7. The van der Waals surface area contributed by atoms with E-state index in [-0.39, 0.29) is 10.6 Å². The summed E-state index contributed by atoms with van der Waals surface area (Å²) in [6.07, 6.45) is 3.47. The number of halogens is 1. The highest BCUT2D eigenvalue weighted by atomic mass is 79.9. The third-order valence-corrected chi connectivity index (χ3v) is 4.31. The van der Waals surface area contributed by atoms with E-state index in [0.717, 1.165) is 36.1 Å². The molecule has 1 N–H and O–H groups in total. The highest BCUT2D eigenvalue weighted by Gasteiger charge is 2.21. The second-order valence-electron chi connectivity index (χ2n) is 5.56. The van der Waals surface area contributed by atoms with Crippen molar-refractivity contribution in [3.63, 3.8) is 0 Å². The number of nitro benzene ring substituents is 1. The second-order valence-corrected chi connectivity index (χ2v) is 6.47. The zero-order chi connectivity index (χ0) is 15.2. The maximum absolute atomic E-state index is 11.2. The smallest absolute Gasteiger partial charge is 0.275 e. The van der Waals surface area contributed by atoms with Gasteiger partial charge in [0.05, 0.1) is 4.92 Å². The Bertz CT molecular complexity index is 490. The van der Waals surface area contributed by atoms with Crippen molar-refractivity contribution in [1.29, 1.82) is 0 Å². The molecule has 0 saturated carbocycles. The first-order valence-electron chi connectivity index (χ1n) is 7.48. The molecule has 116 valence electrons. The molecule has 0 aliphatic carbocycles. The molecule has 5 nitrogen and oxygen atoms in total. The van der Waals surface area contributed by atoms with Gasteiger partial charge in [-0.3, -0.25) is 15.0 Å². The van der Waals surface area contributed by atoms with Gasteiger partial charge in [0.25, 0.3) is 5.69 Å². The monoisotopic (exact) mass is 355 g/mol. The van der Waals surface area contributed by atoms with Gasteiger partial charge in [0.1, 0.15) is 0 Å². The fourth-order valence-corrected chi connectivity index (χ4v) is 3.21. The molecule has 1 saturated heterocycles. The molecule has 1 aromatic rings. The van der Waals surface area contributed by atoms with Gasteiger partial charge < -0.3 is 5.32 Å². The molecule has 1 fully saturated rings. The van der Waals surface area contributed by atoms with E-state index in [1.54, 1.807) is 6.07 Å². The average molecular weight is 356 g/mol. The lowest BCUT2D eigenvalue weighted by Crippen LogP contribution is -2.37. The summed E-state index contributed by atoms with van der Waals surface area (Å²) in [7, 11) is 0. The van der Waals surface area contributed by atoms with Crippen molar-refractivity contribution in [2.75, 3.05) is 19.6 Å². The number of nitrogens with one attached hydrogen (secondary N) is 1. The highest BCUT2D eigenvalue weighted by molar-refractivity contribution is 9.10. The molecular weight excluding hydrogens is 334 g/mol. The molecule has 0 radical (unpaired) electrons. The van der Waals surface area contributed by atoms with Gasteiger partial charge >= 0.3 is 0 Å². The zero-order valence-electron chi connectivity index (χ0n) is 12.3. The number of hydrogen-bond acceptors (Lipinski definition) is 4. The molecule has 1 atom stereocenters. The summed E-state index contributed by atoms with van der Waals surface area (Å²) in [6, 6.07) is 5.84. The summed E-state index contributed by atoms with van der Waals surface area (Å²) in [4.78, 5) is 13.2. The van der Waals surface area contributed by atoms with E-state index in [2.05, 4.69) is 33.1 Å². The van der Waals surface area contributed by atoms with Gasteiger partial charge in [0, 0.05) is 35.2 Å². The number of rotatable bonds is 7. The number of nitrogens with zero attached hydrogens (tertiary/aromatic N) is 2. The van der Waals surface area contributed by atoms with Crippen LogP contribution in [-0.2, 0) is 6.54 Å². The molecular formula is C15H22BrN3O2.